The maximum absolute atomic E-state index is 9.54. The zero-order chi connectivity index (χ0) is 20.7. The van der Waals surface area contributed by atoms with E-state index in [1.54, 1.807) is 6.07 Å². The first-order chi connectivity index (χ1) is 14.7. The van der Waals surface area contributed by atoms with Crippen molar-refractivity contribution in [1.82, 2.24) is 15.1 Å². The van der Waals surface area contributed by atoms with Crippen LogP contribution in [-0.4, -0.2) is 36.0 Å². The molecule has 152 valence electrons. The van der Waals surface area contributed by atoms with Gasteiger partial charge in [0.05, 0.1) is 17.8 Å². The number of nitriles is 1. The zero-order valence-corrected chi connectivity index (χ0v) is 17.3. The molecule has 1 fully saturated rings. The van der Waals surface area contributed by atoms with Crippen LogP contribution in [0.15, 0.2) is 48.8 Å². The predicted octanol–water partition coefficient (Wildman–Crippen LogP) is 4.13. The lowest BCUT2D eigenvalue weighted by Crippen LogP contribution is -2.43. The van der Waals surface area contributed by atoms with Crippen LogP contribution in [0.1, 0.15) is 30.5 Å². The van der Waals surface area contributed by atoms with Gasteiger partial charge in [-0.15, -0.1) is 0 Å². The number of fused-ring (bicyclic) bond motifs is 1. The van der Waals surface area contributed by atoms with Gasteiger partial charge in [-0.1, -0.05) is 12.1 Å². The second-order valence-electron chi connectivity index (χ2n) is 8.17. The van der Waals surface area contributed by atoms with E-state index >= 15 is 0 Å². The van der Waals surface area contributed by atoms with E-state index in [4.69, 9.17) is 4.74 Å². The fraction of sp³-hybridized carbons (Fsp3) is 0.333. The lowest BCUT2D eigenvalue weighted by Gasteiger charge is -2.35. The van der Waals surface area contributed by atoms with Crippen LogP contribution in [-0.2, 0) is 6.42 Å². The molecule has 2 aromatic carbocycles. The van der Waals surface area contributed by atoms with Crippen molar-refractivity contribution in [2.24, 2.45) is 0 Å². The topological polar surface area (TPSA) is 66.1 Å². The van der Waals surface area contributed by atoms with Crippen molar-refractivity contribution in [3.8, 4) is 28.7 Å². The lowest BCUT2D eigenvalue weighted by atomic mass is 9.92. The largest absolute Gasteiger partial charge is 0.455 e. The van der Waals surface area contributed by atoms with Crippen LogP contribution in [0.25, 0.3) is 11.1 Å². The number of hydrogen-bond donors (Lipinski definition) is 1. The van der Waals surface area contributed by atoms with Crippen molar-refractivity contribution >= 4 is 5.69 Å². The normalized spacial score (nSPS) is 18.4. The number of aromatic nitrogens is 2. The first-order valence-corrected chi connectivity index (χ1v) is 10.5. The van der Waals surface area contributed by atoms with E-state index in [1.165, 1.54) is 11.3 Å². The van der Waals surface area contributed by atoms with Gasteiger partial charge in [-0.2, -0.15) is 10.4 Å². The summed E-state index contributed by atoms with van der Waals surface area (Å²) in [6.07, 6.45) is 6.03. The molecule has 3 heterocycles. The Labute approximate surface area is 176 Å². The molecule has 1 saturated heterocycles. The number of hydrogen-bond acceptors (Lipinski definition) is 5. The number of nitrogens with zero attached hydrogens (tertiary/aromatic N) is 4. The minimum absolute atomic E-state index is 0.409. The zero-order valence-electron chi connectivity index (χ0n) is 17.3. The average Bonchev–Trinajstić information content (AvgIpc) is 3.19. The van der Waals surface area contributed by atoms with E-state index in [-0.39, 0.29) is 0 Å². The molecule has 6 nitrogen and oxygen atoms in total. The molecule has 1 N–H and O–H groups in total. The molecule has 0 radical (unpaired) electrons. The predicted molar refractivity (Wildman–Crippen MR) is 117 cm³/mol. The van der Waals surface area contributed by atoms with Crippen molar-refractivity contribution in [2.45, 2.75) is 31.8 Å². The highest BCUT2D eigenvalue weighted by Gasteiger charge is 2.27. The van der Waals surface area contributed by atoms with Gasteiger partial charge in [0.1, 0.15) is 17.6 Å². The Morgan fingerprint density at radius 1 is 1.20 bits per heavy atom. The van der Waals surface area contributed by atoms with E-state index in [1.807, 2.05) is 29.1 Å². The summed E-state index contributed by atoms with van der Waals surface area (Å²) in [5.74, 6) is 1.42. The van der Waals surface area contributed by atoms with Gasteiger partial charge in [0.2, 0.25) is 0 Å². The summed E-state index contributed by atoms with van der Waals surface area (Å²) in [5.41, 5.74) is 4.98. The van der Waals surface area contributed by atoms with Gasteiger partial charge < -0.3 is 15.0 Å². The van der Waals surface area contributed by atoms with Crippen LogP contribution in [0, 0.1) is 11.3 Å². The SMILES string of the molecule is CC1CCc2c(ccc(-c3cnn(C4CNC4)c3)c2Oc2ccccc2C#N)N1C. The first kappa shape index (κ1) is 18.7. The Morgan fingerprint density at radius 3 is 2.80 bits per heavy atom. The Hall–Kier alpha value is -3.30. The summed E-state index contributed by atoms with van der Waals surface area (Å²) in [6.45, 7) is 4.15. The monoisotopic (exact) mass is 399 g/mol. The van der Waals surface area contributed by atoms with E-state index in [2.05, 4.69) is 53.7 Å². The number of rotatable bonds is 4. The van der Waals surface area contributed by atoms with Crippen LogP contribution in [0.3, 0.4) is 0 Å². The number of nitrogens with one attached hydrogen (secondary N) is 1. The van der Waals surface area contributed by atoms with Crippen molar-refractivity contribution < 1.29 is 4.74 Å². The van der Waals surface area contributed by atoms with Gasteiger partial charge in [0.15, 0.2) is 0 Å². The van der Waals surface area contributed by atoms with Crippen LogP contribution >= 0.6 is 0 Å². The molecule has 0 saturated carbocycles. The summed E-state index contributed by atoms with van der Waals surface area (Å²) in [4.78, 5) is 2.31. The summed E-state index contributed by atoms with van der Waals surface area (Å²) < 4.78 is 8.51. The standard InChI is InChI=1S/C24H25N5O/c1-16-7-8-21-22(28(16)2)10-9-20(18-12-27-29(15-18)19-13-26-14-19)24(21)30-23-6-4-3-5-17(23)11-25/h3-6,9-10,12,15-16,19,26H,7-8,13-14H2,1-2H3. The third-order valence-corrected chi connectivity index (χ3v) is 6.36. The molecule has 5 rings (SSSR count). The van der Waals surface area contributed by atoms with E-state index in [0.29, 0.717) is 23.4 Å². The van der Waals surface area contributed by atoms with Crippen LogP contribution < -0.4 is 15.0 Å². The molecule has 1 unspecified atom stereocenters. The van der Waals surface area contributed by atoms with Gasteiger partial charge in [-0.3, -0.25) is 4.68 Å². The average molecular weight is 399 g/mol. The van der Waals surface area contributed by atoms with Crippen molar-refractivity contribution in [2.75, 3.05) is 25.0 Å². The van der Waals surface area contributed by atoms with Crippen LogP contribution in [0.2, 0.25) is 0 Å². The summed E-state index contributed by atoms with van der Waals surface area (Å²) >= 11 is 0. The van der Waals surface area contributed by atoms with Gasteiger partial charge in [-0.25, -0.2) is 0 Å². The molecule has 0 aliphatic carbocycles. The quantitative estimate of drug-likeness (QED) is 0.715. The molecule has 2 aliphatic rings. The highest BCUT2D eigenvalue weighted by molar-refractivity contribution is 5.78. The summed E-state index contributed by atoms with van der Waals surface area (Å²) in [6, 6.07) is 14.9. The molecule has 30 heavy (non-hydrogen) atoms. The Bertz CT molecular complexity index is 1120. The molecular weight excluding hydrogens is 374 g/mol. The molecule has 3 aromatic rings. The van der Waals surface area contributed by atoms with Crippen molar-refractivity contribution in [3.05, 3.63) is 59.9 Å². The molecule has 2 aliphatic heterocycles. The third-order valence-electron chi connectivity index (χ3n) is 6.36. The van der Waals surface area contributed by atoms with Crippen LogP contribution in [0.5, 0.6) is 11.5 Å². The fourth-order valence-corrected chi connectivity index (χ4v) is 4.21. The highest BCUT2D eigenvalue weighted by atomic mass is 16.5. The second-order valence-corrected chi connectivity index (χ2v) is 8.17. The lowest BCUT2D eigenvalue weighted by molar-refractivity contribution is 0.318. The van der Waals surface area contributed by atoms with Gasteiger partial charge in [0.25, 0.3) is 0 Å². The maximum atomic E-state index is 9.54. The molecule has 0 amide bonds. The Balaban J connectivity index is 1.63. The second kappa shape index (κ2) is 7.51. The van der Waals surface area contributed by atoms with Crippen molar-refractivity contribution in [1.29, 1.82) is 5.26 Å². The minimum atomic E-state index is 0.409. The van der Waals surface area contributed by atoms with E-state index in [0.717, 1.165) is 42.8 Å². The Kier molecular flexibility index (Phi) is 4.68. The Morgan fingerprint density at radius 2 is 2.03 bits per heavy atom. The molecule has 1 aromatic heterocycles. The molecule has 0 bridgehead atoms. The van der Waals surface area contributed by atoms with Gasteiger partial charge in [-0.05, 0) is 44.0 Å². The van der Waals surface area contributed by atoms with Crippen molar-refractivity contribution in [3.63, 3.8) is 0 Å². The molecular formula is C24H25N5O. The number of para-hydroxylation sites is 1. The third kappa shape index (κ3) is 3.12. The number of benzene rings is 2. The molecule has 6 heteroatoms. The van der Waals surface area contributed by atoms with Gasteiger partial charge in [0, 0.05) is 54.8 Å². The summed E-state index contributed by atoms with van der Waals surface area (Å²) in [7, 11) is 2.14. The first-order valence-electron chi connectivity index (χ1n) is 10.5. The minimum Gasteiger partial charge on any atom is -0.455 e. The smallest absolute Gasteiger partial charge is 0.145 e. The number of anilines is 1. The van der Waals surface area contributed by atoms with Gasteiger partial charge >= 0.3 is 0 Å². The summed E-state index contributed by atoms with van der Waals surface area (Å²) in [5, 5.41) is 17.4. The van der Waals surface area contributed by atoms with E-state index < -0.39 is 0 Å². The van der Waals surface area contributed by atoms with E-state index in [9.17, 15) is 5.26 Å². The molecule has 0 spiro atoms. The number of ether oxygens (including phenoxy) is 1. The molecule has 1 atom stereocenters. The highest BCUT2D eigenvalue weighted by Crippen LogP contribution is 2.44. The fourth-order valence-electron chi connectivity index (χ4n) is 4.21. The van der Waals surface area contributed by atoms with Crippen LogP contribution in [0.4, 0.5) is 5.69 Å². The maximum Gasteiger partial charge on any atom is 0.145 e.